The third-order valence-corrected chi connectivity index (χ3v) is 4.29. The molecule has 0 N–H and O–H groups in total. The Hall–Kier alpha value is -2.09. The predicted molar refractivity (Wildman–Crippen MR) is 91.6 cm³/mol. The van der Waals surface area contributed by atoms with Gasteiger partial charge < -0.3 is 14.5 Å². The third kappa shape index (κ3) is 3.64. The number of hydrogen-bond acceptors (Lipinski definition) is 8. The number of methoxy groups -OCH3 is 1. The maximum Gasteiger partial charge on any atom is 0.225 e. The van der Waals surface area contributed by atoms with Gasteiger partial charge in [0.15, 0.2) is 10.9 Å². The van der Waals surface area contributed by atoms with Crippen molar-refractivity contribution in [1.29, 1.82) is 0 Å². The SMILES string of the molecule is COc1cnc(N2CCN(c3cc(C)nc(SC)n3)CC2)nc1. The lowest BCUT2D eigenvalue weighted by atomic mass is 10.3. The van der Waals surface area contributed by atoms with Crippen LogP contribution in [0.15, 0.2) is 23.6 Å². The van der Waals surface area contributed by atoms with Crippen LogP contribution in [0.25, 0.3) is 0 Å². The van der Waals surface area contributed by atoms with Crippen molar-refractivity contribution in [3.05, 3.63) is 24.2 Å². The Morgan fingerprint density at radius 3 is 2.30 bits per heavy atom. The fourth-order valence-electron chi connectivity index (χ4n) is 2.49. The highest BCUT2D eigenvalue weighted by atomic mass is 32.2. The number of aromatic nitrogens is 4. The van der Waals surface area contributed by atoms with Gasteiger partial charge in [0.1, 0.15) is 5.82 Å². The summed E-state index contributed by atoms with van der Waals surface area (Å²) >= 11 is 1.57. The van der Waals surface area contributed by atoms with Crippen LogP contribution < -0.4 is 14.5 Å². The molecule has 23 heavy (non-hydrogen) atoms. The van der Waals surface area contributed by atoms with E-state index in [1.807, 2.05) is 19.2 Å². The molecule has 8 heteroatoms. The molecule has 1 aliphatic rings. The molecule has 2 aromatic rings. The molecule has 0 atom stereocenters. The summed E-state index contributed by atoms with van der Waals surface area (Å²) in [5.74, 6) is 2.42. The zero-order valence-corrected chi connectivity index (χ0v) is 14.4. The van der Waals surface area contributed by atoms with Crippen LogP contribution in [0.4, 0.5) is 11.8 Å². The summed E-state index contributed by atoms with van der Waals surface area (Å²) < 4.78 is 5.10. The van der Waals surface area contributed by atoms with E-state index >= 15 is 0 Å². The van der Waals surface area contributed by atoms with Crippen molar-refractivity contribution in [2.24, 2.45) is 0 Å². The molecule has 0 aliphatic carbocycles. The molecule has 1 fully saturated rings. The molecule has 1 saturated heterocycles. The average molecular weight is 332 g/mol. The van der Waals surface area contributed by atoms with Crippen molar-refractivity contribution < 1.29 is 4.74 Å². The van der Waals surface area contributed by atoms with E-state index in [0.29, 0.717) is 5.75 Å². The Morgan fingerprint density at radius 2 is 1.70 bits per heavy atom. The van der Waals surface area contributed by atoms with Gasteiger partial charge in [-0.1, -0.05) is 11.8 Å². The number of anilines is 2. The van der Waals surface area contributed by atoms with Gasteiger partial charge in [-0.2, -0.15) is 0 Å². The summed E-state index contributed by atoms with van der Waals surface area (Å²) in [6.07, 6.45) is 5.40. The molecule has 7 nitrogen and oxygen atoms in total. The van der Waals surface area contributed by atoms with Crippen molar-refractivity contribution in [2.45, 2.75) is 12.1 Å². The topological polar surface area (TPSA) is 67.3 Å². The minimum Gasteiger partial charge on any atom is -0.494 e. The normalized spacial score (nSPS) is 14.9. The van der Waals surface area contributed by atoms with E-state index in [1.165, 1.54) is 0 Å². The van der Waals surface area contributed by atoms with Gasteiger partial charge in [0.25, 0.3) is 0 Å². The van der Waals surface area contributed by atoms with E-state index in [2.05, 4.69) is 29.7 Å². The van der Waals surface area contributed by atoms with Crippen molar-refractivity contribution in [3.8, 4) is 5.75 Å². The quantitative estimate of drug-likeness (QED) is 0.618. The summed E-state index contributed by atoms with van der Waals surface area (Å²) in [5, 5.41) is 0.820. The smallest absolute Gasteiger partial charge is 0.225 e. The van der Waals surface area contributed by atoms with Gasteiger partial charge >= 0.3 is 0 Å². The Balaban J connectivity index is 1.67. The second kappa shape index (κ2) is 6.99. The van der Waals surface area contributed by atoms with E-state index in [9.17, 15) is 0 Å². The maximum absolute atomic E-state index is 5.10. The third-order valence-electron chi connectivity index (χ3n) is 3.74. The Kier molecular flexibility index (Phi) is 4.80. The summed E-state index contributed by atoms with van der Waals surface area (Å²) in [7, 11) is 1.61. The fraction of sp³-hybridized carbons (Fsp3) is 0.467. The van der Waals surface area contributed by atoms with Gasteiger partial charge in [0, 0.05) is 37.9 Å². The molecule has 3 heterocycles. The number of nitrogens with zero attached hydrogens (tertiary/aromatic N) is 6. The molecule has 3 rings (SSSR count). The average Bonchev–Trinajstić information content (AvgIpc) is 2.61. The van der Waals surface area contributed by atoms with Gasteiger partial charge in [0.05, 0.1) is 19.5 Å². The lowest BCUT2D eigenvalue weighted by Gasteiger charge is -2.35. The van der Waals surface area contributed by atoms with E-state index < -0.39 is 0 Å². The van der Waals surface area contributed by atoms with Gasteiger partial charge in [-0.3, -0.25) is 0 Å². The predicted octanol–water partition coefficient (Wildman–Crippen LogP) is 1.63. The van der Waals surface area contributed by atoms with Gasteiger partial charge in [0.2, 0.25) is 5.95 Å². The molecular formula is C15H20N6OS. The number of thioether (sulfide) groups is 1. The maximum atomic E-state index is 5.10. The van der Waals surface area contributed by atoms with E-state index in [4.69, 9.17) is 4.74 Å². The monoisotopic (exact) mass is 332 g/mol. The Morgan fingerprint density at radius 1 is 1.04 bits per heavy atom. The first kappa shape index (κ1) is 15.8. The number of ether oxygens (including phenoxy) is 1. The second-order valence-corrected chi connectivity index (χ2v) is 6.02. The lowest BCUT2D eigenvalue weighted by molar-refractivity contribution is 0.410. The first-order chi connectivity index (χ1) is 11.2. The molecule has 2 aromatic heterocycles. The van der Waals surface area contributed by atoms with Gasteiger partial charge in [-0.05, 0) is 13.2 Å². The largest absolute Gasteiger partial charge is 0.494 e. The van der Waals surface area contributed by atoms with Crippen LogP contribution in [-0.4, -0.2) is 59.5 Å². The molecule has 0 spiro atoms. The lowest BCUT2D eigenvalue weighted by Crippen LogP contribution is -2.47. The molecule has 0 radical (unpaired) electrons. The second-order valence-electron chi connectivity index (χ2n) is 5.25. The summed E-state index contributed by atoms with van der Waals surface area (Å²) in [4.78, 5) is 22.2. The van der Waals surface area contributed by atoms with Crippen LogP contribution in [0.5, 0.6) is 5.75 Å². The highest BCUT2D eigenvalue weighted by molar-refractivity contribution is 7.98. The molecule has 0 unspecified atom stereocenters. The van der Waals surface area contributed by atoms with E-state index in [-0.39, 0.29) is 0 Å². The van der Waals surface area contributed by atoms with Crippen molar-refractivity contribution in [2.75, 3.05) is 49.3 Å². The van der Waals surface area contributed by atoms with Gasteiger partial charge in [-0.25, -0.2) is 19.9 Å². The first-order valence-electron chi connectivity index (χ1n) is 7.45. The van der Waals surface area contributed by atoms with Crippen LogP contribution in [0.3, 0.4) is 0 Å². The van der Waals surface area contributed by atoms with E-state index in [1.54, 1.807) is 31.3 Å². The molecule has 122 valence electrons. The fourth-order valence-corrected chi connectivity index (χ4v) is 2.91. The summed E-state index contributed by atoms with van der Waals surface area (Å²) in [6.45, 7) is 5.51. The molecule has 0 amide bonds. The zero-order chi connectivity index (χ0) is 16.2. The number of hydrogen-bond donors (Lipinski definition) is 0. The van der Waals surface area contributed by atoms with Crippen molar-refractivity contribution in [3.63, 3.8) is 0 Å². The van der Waals surface area contributed by atoms with Crippen molar-refractivity contribution in [1.82, 2.24) is 19.9 Å². The number of rotatable bonds is 4. The standard InChI is InChI=1S/C15H20N6OS/c1-11-8-13(19-15(18-11)23-3)20-4-6-21(7-5-20)14-16-9-12(22-2)10-17-14/h8-10H,4-7H2,1-3H3. The van der Waals surface area contributed by atoms with Crippen LogP contribution in [0.1, 0.15) is 5.69 Å². The first-order valence-corrected chi connectivity index (χ1v) is 8.67. The molecule has 0 aromatic carbocycles. The number of piperazine rings is 1. The molecule has 1 aliphatic heterocycles. The van der Waals surface area contributed by atoms with Crippen molar-refractivity contribution >= 4 is 23.5 Å². The minimum atomic E-state index is 0.674. The van der Waals surface area contributed by atoms with Crippen LogP contribution in [0, 0.1) is 6.92 Å². The zero-order valence-electron chi connectivity index (χ0n) is 13.6. The van der Waals surface area contributed by atoms with E-state index in [0.717, 1.165) is 48.8 Å². The highest BCUT2D eigenvalue weighted by Gasteiger charge is 2.20. The highest BCUT2D eigenvalue weighted by Crippen LogP contribution is 2.20. The Bertz CT molecular complexity index is 658. The Labute approximate surface area is 140 Å². The molecular weight excluding hydrogens is 312 g/mol. The van der Waals surface area contributed by atoms with Gasteiger partial charge in [-0.15, -0.1) is 0 Å². The minimum absolute atomic E-state index is 0.674. The molecule has 0 bridgehead atoms. The van der Waals surface area contributed by atoms with Crippen LogP contribution in [-0.2, 0) is 0 Å². The van der Waals surface area contributed by atoms with Crippen LogP contribution >= 0.6 is 11.8 Å². The summed E-state index contributed by atoms with van der Waals surface area (Å²) in [6, 6.07) is 2.04. The van der Waals surface area contributed by atoms with Crippen LogP contribution in [0.2, 0.25) is 0 Å². The number of aryl methyl sites for hydroxylation is 1. The molecule has 0 saturated carbocycles. The summed E-state index contributed by atoms with van der Waals surface area (Å²) in [5.41, 5.74) is 1.00.